The quantitative estimate of drug-likeness (QED) is 0.645. The summed E-state index contributed by atoms with van der Waals surface area (Å²) in [6.45, 7) is 4.16. The van der Waals surface area contributed by atoms with Crippen LogP contribution >= 0.6 is 23.4 Å². The fourth-order valence-corrected chi connectivity index (χ4v) is 2.54. The second kappa shape index (κ2) is 5.80. The highest BCUT2D eigenvalue weighted by atomic mass is 35.5. The molecule has 0 unspecified atom stereocenters. The number of methoxy groups -OCH3 is 1. The molecule has 0 aliphatic heterocycles. The van der Waals surface area contributed by atoms with Crippen LogP contribution in [0.25, 0.3) is 0 Å². The number of halogens is 1. The number of anilines is 1. The average molecular weight is 260 g/mol. The van der Waals surface area contributed by atoms with Gasteiger partial charge in [-0.2, -0.15) is 0 Å². The average Bonchev–Trinajstić information content (AvgIpc) is 2.21. The Bertz CT molecular complexity index is 355. The van der Waals surface area contributed by atoms with Gasteiger partial charge in [-0.3, -0.25) is 0 Å². The summed E-state index contributed by atoms with van der Waals surface area (Å²) in [7, 11) is 1.74. The highest BCUT2D eigenvalue weighted by molar-refractivity contribution is 7.99. The highest BCUT2D eigenvalue weighted by Crippen LogP contribution is 2.29. The van der Waals surface area contributed by atoms with Crippen molar-refractivity contribution in [3.63, 3.8) is 0 Å². The van der Waals surface area contributed by atoms with Gasteiger partial charge in [0.15, 0.2) is 0 Å². The van der Waals surface area contributed by atoms with E-state index in [0.29, 0.717) is 5.02 Å². The van der Waals surface area contributed by atoms with E-state index >= 15 is 0 Å². The molecule has 16 heavy (non-hydrogen) atoms. The van der Waals surface area contributed by atoms with Gasteiger partial charge in [-0.15, -0.1) is 11.8 Å². The summed E-state index contributed by atoms with van der Waals surface area (Å²) >= 11 is 7.57. The molecule has 1 rings (SSSR count). The molecule has 0 aliphatic rings. The lowest BCUT2D eigenvalue weighted by Crippen LogP contribution is -2.22. The van der Waals surface area contributed by atoms with E-state index in [-0.39, 0.29) is 5.60 Å². The lowest BCUT2D eigenvalue weighted by molar-refractivity contribution is 0.0207. The Kier molecular flexibility index (Phi) is 4.96. The van der Waals surface area contributed by atoms with Crippen LogP contribution in [0.5, 0.6) is 0 Å². The van der Waals surface area contributed by atoms with Gasteiger partial charge in [0, 0.05) is 28.5 Å². The molecule has 1 aromatic rings. The number of hydrogen-bond donors (Lipinski definition) is 1. The largest absolute Gasteiger partial charge is 0.398 e. The van der Waals surface area contributed by atoms with Crippen molar-refractivity contribution in [1.29, 1.82) is 0 Å². The second-order valence-electron chi connectivity index (χ2n) is 4.24. The van der Waals surface area contributed by atoms with E-state index in [4.69, 9.17) is 22.1 Å². The maximum Gasteiger partial charge on any atom is 0.0630 e. The first-order chi connectivity index (χ1) is 7.44. The molecule has 0 radical (unpaired) electrons. The van der Waals surface area contributed by atoms with Crippen molar-refractivity contribution >= 4 is 29.1 Å². The first kappa shape index (κ1) is 13.7. The third kappa shape index (κ3) is 4.24. The summed E-state index contributed by atoms with van der Waals surface area (Å²) < 4.78 is 5.36. The van der Waals surface area contributed by atoms with Crippen molar-refractivity contribution in [1.82, 2.24) is 0 Å². The molecule has 0 atom stereocenters. The Labute approximate surface area is 107 Å². The van der Waals surface area contributed by atoms with Crippen molar-refractivity contribution in [2.75, 3.05) is 18.6 Å². The third-order valence-electron chi connectivity index (χ3n) is 2.49. The van der Waals surface area contributed by atoms with Crippen LogP contribution in [0.15, 0.2) is 23.1 Å². The van der Waals surface area contributed by atoms with Gasteiger partial charge in [-0.05, 0) is 38.5 Å². The Balaban J connectivity index is 2.49. The van der Waals surface area contributed by atoms with Crippen LogP contribution < -0.4 is 5.73 Å². The van der Waals surface area contributed by atoms with E-state index in [9.17, 15) is 0 Å². The van der Waals surface area contributed by atoms with Crippen LogP contribution in [0.3, 0.4) is 0 Å². The summed E-state index contributed by atoms with van der Waals surface area (Å²) in [5.41, 5.74) is 6.54. The molecule has 0 fully saturated rings. The Morgan fingerprint density at radius 3 is 2.69 bits per heavy atom. The van der Waals surface area contributed by atoms with E-state index in [1.807, 2.05) is 12.1 Å². The minimum atomic E-state index is -0.0752. The highest BCUT2D eigenvalue weighted by Gasteiger charge is 2.15. The number of benzene rings is 1. The molecule has 2 nitrogen and oxygen atoms in total. The zero-order valence-corrected chi connectivity index (χ0v) is 11.5. The van der Waals surface area contributed by atoms with Gasteiger partial charge < -0.3 is 10.5 Å². The maximum atomic E-state index is 5.87. The molecule has 2 N–H and O–H groups in total. The second-order valence-corrected chi connectivity index (χ2v) is 5.82. The molecule has 0 aliphatic carbocycles. The van der Waals surface area contributed by atoms with Gasteiger partial charge in [-0.25, -0.2) is 0 Å². The molecule has 0 spiro atoms. The first-order valence-electron chi connectivity index (χ1n) is 5.17. The Morgan fingerprint density at radius 1 is 1.44 bits per heavy atom. The van der Waals surface area contributed by atoms with E-state index in [1.54, 1.807) is 24.9 Å². The van der Waals surface area contributed by atoms with Gasteiger partial charge >= 0.3 is 0 Å². The van der Waals surface area contributed by atoms with Gasteiger partial charge in [0.05, 0.1) is 5.60 Å². The van der Waals surface area contributed by atoms with Gasteiger partial charge in [-0.1, -0.05) is 11.6 Å². The van der Waals surface area contributed by atoms with Crippen LogP contribution in [-0.2, 0) is 4.74 Å². The van der Waals surface area contributed by atoms with Crippen LogP contribution in [0.2, 0.25) is 5.02 Å². The van der Waals surface area contributed by atoms with Crippen LogP contribution in [0, 0.1) is 0 Å². The normalized spacial score (nSPS) is 11.8. The minimum Gasteiger partial charge on any atom is -0.398 e. The van der Waals surface area contributed by atoms with Crippen molar-refractivity contribution in [2.24, 2.45) is 0 Å². The zero-order valence-electron chi connectivity index (χ0n) is 9.92. The van der Waals surface area contributed by atoms with E-state index in [0.717, 1.165) is 22.8 Å². The van der Waals surface area contributed by atoms with Crippen molar-refractivity contribution < 1.29 is 4.74 Å². The number of rotatable bonds is 5. The molecule has 1 aromatic carbocycles. The molecule has 0 saturated heterocycles. The SMILES string of the molecule is COC(C)(C)CCSc1ccc(Cl)cc1N. The third-order valence-corrected chi connectivity index (χ3v) is 3.81. The molecule has 0 heterocycles. The smallest absolute Gasteiger partial charge is 0.0630 e. The standard InChI is InChI=1S/C12H18ClNOS/c1-12(2,15-3)6-7-16-11-5-4-9(13)8-10(11)14/h4-5,8H,6-7,14H2,1-3H3. The number of thioether (sulfide) groups is 1. The Hall–Kier alpha value is -0.380. The summed E-state index contributed by atoms with van der Waals surface area (Å²) in [5, 5.41) is 0.680. The van der Waals surface area contributed by atoms with Crippen molar-refractivity contribution in [3.05, 3.63) is 23.2 Å². The predicted molar refractivity (Wildman–Crippen MR) is 72.3 cm³/mol. The summed E-state index contributed by atoms with van der Waals surface area (Å²) in [4.78, 5) is 1.08. The molecule has 0 amide bonds. The maximum absolute atomic E-state index is 5.87. The molecular weight excluding hydrogens is 242 g/mol. The molecule has 0 saturated carbocycles. The van der Waals surface area contributed by atoms with E-state index in [2.05, 4.69) is 13.8 Å². The summed E-state index contributed by atoms with van der Waals surface area (Å²) in [6, 6.07) is 5.61. The fraction of sp³-hybridized carbons (Fsp3) is 0.500. The lowest BCUT2D eigenvalue weighted by Gasteiger charge is -2.22. The van der Waals surface area contributed by atoms with Gasteiger partial charge in [0.25, 0.3) is 0 Å². The Morgan fingerprint density at radius 2 is 2.12 bits per heavy atom. The summed E-state index contributed by atoms with van der Waals surface area (Å²) in [5.74, 6) is 0.979. The molecule has 90 valence electrons. The van der Waals surface area contributed by atoms with E-state index in [1.165, 1.54) is 0 Å². The molecule has 0 aromatic heterocycles. The first-order valence-corrected chi connectivity index (χ1v) is 6.54. The van der Waals surface area contributed by atoms with Crippen molar-refractivity contribution in [2.45, 2.75) is 30.8 Å². The number of nitrogens with two attached hydrogens (primary N) is 1. The van der Waals surface area contributed by atoms with E-state index < -0.39 is 0 Å². The predicted octanol–water partition coefficient (Wildman–Crippen LogP) is 3.83. The molecule has 0 bridgehead atoms. The minimum absolute atomic E-state index is 0.0752. The van der Waals surface area contributed by atoms with Crippen molar-refractivity contribution in [3.8, 4) is 0 Å². The van der Waals surface area contributed by atoms with Crippen LogP contribution in [0.4, 0.5) is 5.69 Å². The van der Waals surface area contributed by atoms with Gasteiger partial charge in [0.1, 0.15) is 0 Å². The fourth-order valence-electron chi connectivity index (χ4n) is 1.16. The topological polar surface area (TPSA) is 35.2 Å². The monoisotopic (exact) mass is 259 g/mol. The number of hydrogen-bond acceptors (Lipinski definition) is 3. The van der Waals surface area contributed by atoms with Crippen LogP contribution in [0.1, 0.15) is 20.3 Å². The molecular formula is C12H18ClNOS. The zero-order chi connectivity index (χ0) is 12.2. The van der Waals surface area contributed by atoms with Crippen LogP contribution in [-0.4, -0.2) is 18.5 Å². The van der Waals surface area contributed by atoms with Gasteiger partial charge in [0.2, 0.25) is 0 Å². The number of nitrogen functional groups attached to an aromatic ring is 1. The lowest BCUT2D eigenvalue weighted by atomic mass is 10.1. The summed E-state index contributed by atoms with van der Waals surface area (Å²) in [6.07, 6.45) is 0.982. The number of ether oxygens (including phenoxy) is 1. The molecule has 4 heteroatoms.